The number of hydrogen-bond donors (Lipinski definition) is 1. The largest absolute Gasteiger partial charge is 0.393 e. The van der Waals surface area contributed by atoms with Gasteiger partial charge in [0.15, 0.2) is 0 Å². The predicted molar refractivity (Wildman–Crippen MR) is 63.1 cm³/mol. The molecule has 2 rings (SSSR count). The van der Waals surface area contributed by atoms with Crippen LogP contribution in [0.2, 0.25) is 0 Å². The van der Waals surface area contributed by atoms with E-state index >= 15 is 0 Å². The first kappa shape index (κ1) is 11.9. The fourth-order valence-electron chi connectivity index (χ4n) is 2.27. The highest BCUT2D eigenvalue weighted by molar-refractivity contribution is 5.59. The van der Waals surface area contributed by atoms with E-state index in [4.69, 9.17) is 5.26 Å². The van der Waals surface area contributed by atoms with Crippen LogP contribution in [0.3, 0.4) is 0 Å². The van der Waals surface area contributed by atoms with Gasteiger partial charge in [0.25, 0.3) is 0 Å². The van der Waals surface area contributed by atoms with Crippen molar-refractivity contribution in [3.05, 3.63) is 29.6 Å². The molecule has 0 saturated heterocycles. The lowest BCUT2D eigenvalue weighted by Crippen LogP contribution is -2.37. The molecule has 0 aliphatic heterocycles. The summed E-state index contributed by atoms with van der Waals surface area (Å²) in [5, 5.41) is 18.2. The first-order valence-corrected chi connectivity index (χ1v) is 5.69. The minimum atomic E-state index is -0.391. The third kappa shape index (κ3) is 2.56. The fraction of sp³-hybridized carbons (Fsp3) is 0.462. The van der Waals surface area contributed by atoms with Crippen molar-refractivity contribution in [2.24, 2.45) is 5.92 Å². The average Bonchev–Trinajstić information content (AvgIpc) is 2.26. The van der Waals surface area contributed by atoms with E-state index in [0.717, 1.165) is 25.1 Å². The van der Waals surface area contributed by atoms with Crippen LogP contribution in [0, 0.1) is 23.1 Å². The summed E-state index contributed by atoms with van der Waals surface area (Å²) in [6.07, 6.45) is 1.46. The van der Waals surface area contributed by atoms with Gasteiger partial charge in [-0.05, 0) is 37.0 Å². The van der Waals surface area contributed by atoms with Crippen molar-refractivity contribution in [3.8, 4) is 6.07 Å². The van der Waals surface area contributed by atoms with Crippen LogP contribution in [-0.2, 0) is 0 Å². The molecular weight excluding hydrogens is 219 g/mol. The van der Waals surface area contributed by atoms with E-state index in [1.165, 1.54) is 12.1 Å². The SMILES string of the molecule is CN(CC1CC(O)C1)c1ccc(F)cc1C#N. The molecule has 1 aliphatic rings. The monoisotopic (exact) mass is 234 g/mol. The number of anilines is 1. The zero-order chi connectivity index (χ0) is 12.4. The normalized spacial score (nSPS) is 22.7. The maximum Gasteiger partial charge on any atom is 0.124 e. The Morgan fingerprint density at radius 3 is 2.82 bits per heavy atom. The number of aliphatic hydroxyl groups is 1. The molecule has 4 heteroatoms. The van der Waals surface area contributed by atoms with Gasteiger partial charge in [0.2, 0.25) is 0 Å². The van der Waals surface area contributed by atoms with Crippen LogP contribution in [0.15, 0.2) is 18.2 Å². The second kappa shape index (κ2) is 4.72. The second-order valence-corrected chi connectivity index (χ2v) is 4.65. The van der Waals surface area contributed by atoms with Gasteiger partial charge >= 0.3 is 0 Å². The Kier molecular flexibility index (Phi) is 3.30. The molecule has 0 atom stereocenters. The smallest absolute Gasteiger partial charge is 0.124 e. The van der Waals surface area contributed by atoms with Gasteiger partial charge < -0.3 is 10.0 Å². The molecule has 0 heterocycles. The Labute approximate surface area is 100 Å². The highest BCUT2D eigenvalue weighted by Crippen LogP contribution is 2.30. The predicted octanol–water partition coefficient (Wildman–Crippen LogP) is 1.90. The molecule has 17 heavy (non-hydrogen) atoms. The van der Waals surface area contributed by atoms with Crippen molar-refractivity contribution in [1.82, 2.24) is 0 Å². The molecule has 0 spiro atoms. The maximum atomic E-state index is 13.0. The summed E-state index contributed by atoms with van der Waals surface area (Å²) in [5.74, 6) is 0.0735. The molecule has 3 nitrogen and oxygen atoms in total. The Morgan fingerprint density at radius 1 is 1.53 bits per heavy atom. The lowest BCUT2D eigenvalue weighted by atomic mass is 9.82. The molecule has 1 aliphatic carbocycles. The van der Waals surface area contributed by atoms with Crippen LogP contribution in [0.1, 0.15) is 18.4 Å². The Morgan fingerprint density at radius 2 is 2.24 bits per heavy atom. The Hall–Kier alpha value is -1.60. The molecule has 1 aromatic rings. The molecule has 0 amide bonds. The van der Waals surface area contributed by atoms with Crippen LogP contribution in [0.5, 0.6) is 0 Å². The molecule has 0 radical (unpaired) electrons. The van der Waals surface area contributed by atoms with Crippen molar-refractivity contribution >= 4 is 5.69 Å². The molecule has 0 bridgehead atoms. The van der Waals surface area contributed by atoms with E-state index in [9.17, 15) is 9.50 Å². The number of nitriles is 1. The fourth-order valence-corrected chi connectivity index (χ4v) is 2.27. The number of aliphatic hydroxyl groups excluding tert-OH is 1. The van der Waals surface area contributed by atoms with Crippen molar-refractivity contribution in [2.45, 2.75) is 18.9 Å². The number of halogens is 1. The summed E-state index contributed by atoms with van der Waals surface area (Å²) >= 11 is 0. The highest BCUT2D eigenvalue weighted by Gasteiger charge is 2.28. The van der Waals surface area contributed by atoms with E-state index in [1.807, 2.05) is 18.0 Å². The quantitative estimate of drug-likeness (QED) is 0.869. The molecule has 90 valence electrons. The van der Waals surface area contributed by atoms with Crippen molar-refractivity contribution < 1.29 is 9.50 Å². The topological polar surface area (TPSA) is 47.3 Å². The van der Waals surface area contributed by atoms with Gasteiger partial charge in [-0.2, -0.15) is 5.26 Å². The number of benzene rings is 1. The average molecular weight is 234 g/mol. The lowest BCUT2D eigenvalue weighted by molar-refractivity contribution is 0.0465. The van der Waals surface area contributed by atoms with E-state index in [0.29, 0.717) is 11.5 Å². The van der Waals surface area contributed by atoms with Crippen LogP contribution in [-0.4, -0.2) is 24.8 Å². The van der Waals surface area contributed by atoms with Gasteiger partial charge in [-0.3, -0.25) is 0 Å². The van der Waals surface area contributed by atoms with Gasteiger partial charge in [0.1, 0.15) is 11.9 Å². The summed E-state index contributed by atoms with van der Waals surface area (Å²) in [6.45, 7) is 0.789. The standard InChI is InChI=1S/C13H15FN2O/c1-16(8-9-4-12(17)5-9)13-3-2-11(14)6-10(13)7-15/h2-3,6,9,12,17H,4-5,8H2,1H3. The molecule has 1 fully saturated rings. The van der Waals surface area contributed by atoms with Gasteiger partial charge in [-0.25, -0.2) is 4.39 Å². The molecule has 0 unspecified atom stereocenters. The minimum absolute atomic E-state index is 0.169. The first-order valence-electron chi connectivity index (χ1n) is 5.69. The van der Waals surface area contributed by atoms with Crippen molar-refractivity contribution in [1.29, 1.82) is 5.26 Å². The van der Waals surface area contributed by atoms with Gasteiger partial charge in [-0.15, -0.1) is 0 Å². The summed E-state index contributed by atoms with van der Waals surface area (Å²) < 4.78 is 13.0. The third-order valence-electron chi connectivity index (χ3n) is 3.23. The highest BCUT2D eigenvalue weighted by atomic mass is 19.1. The molecule has 1 N–H and O–H groups in total. The molecule has 1 aromatic carbocycles. The van der Waals surface area contributed by atoms with Crippen LogP contribution < -0.4 is 4.90 Å². The van der Waals surface area contributed by atoms with E-state index in [-0.39, 0.29) is 6.10 Å². The zero-order valence-corrected chi connectivity index (χ0v) is 9.73. The number of nitrogens with zero attached hydrogens (tertiary/aromatic N) is 2. The van der Waals surface area contributed by atoms with Gasteiger partial charge in [0, 0.05) is 13.6 Å². The van der Waals surface area contributed by atoms with E-state index in [2.05, 4.69) is 0 Å². The second-order valence-electron chi connectivity index (χ2n) is 4.65. The first-order chi connectivity index (χ1) is 8.10. The van der Waals surface area contributed by atoms with Gasteiger partial charge in [0.05, 0.1) is 17.4 Å². The lowest BCUT2D eigenvalue weighted by Gasteiger charge is -2.35. The number of hydrogen-bond acceptors (Lipinski definition) is 3. The minimum Gasteiger partial charge on any atom is -0.393 e. The molecule has 0 aromatic heterocycles. The Bertz CT molecular complexity index is 449. The summed E-state index contributed by atoms with van der Waals surface area (Å²) in [4.78, 5) is 1.95. The molecule has 1 saturated carbocycles. The molecular formula is C13H15FN2O. The summed E-state index contributed by atoms with van der Waals surface area (Å²) in [7, 11) is 1.89. The Balaban J connectivity index is 2.08. The van der Waals surface area contributed by atoms with E-state index in [1.54, 1.807) is 6.07 Å². The van der Waals surface area contributed by atoms with Crippen LogP contribution >= 0.6 is 0 Å². The van der Waals surface area contributed by atoms with E-state index < -0.39 is 5.82 Å². The van der Waals surface area contributed by atoms with Crippen LogP contribution in [0.25, 0.3) is 0 Å². The van der Waals surface area contributed by atoms with Crippen molar-refractivity contribution in [2.75, 3.05) is 18.5 Å². The third-order valence-corrected chi connectivity index (χ3v) is 3.23. The summed E-state index contributed by atoms with van der Waals surface area (Å²) in [6, 6.07) is 6.25. The van der Waals surface area contributed by atoms with Crippen LogP contribution in [0.4, 0.5) is 10.1 Å². The van der Waals surface area contributed by atoms with Crippen molar-refractivity contribution in [3.63, 3.8) is 0 Å². The zero-order valence-electron chi connectivity index (χ0n) is 9.73. The number of rotatable bonds is 3. The maximum absolute atomic E-state index is 13.0. The summed E-state index contributed by atoms with van der Waals surface area (Å²) in [5.41, 5.74) is 1.10. The van der Waals surface area contributed by atoms with Gasteiger partial charge in [-0.1, -0.05) is 0 Å².